The van der Waals surface area contributed by atoms with E-state index >= 15 is 0 Å². The van der Waals surface area contributed by atoms with Crippen LogP contribution in [0.3, 0.4) is 0 Å². The third-order valence-electron chi connectivity index (χ3n) is 3.52. The highest BCUT2D eigenvalue weighted by atomic mass is 35.5. The van der Waals surface area contributed by atoms with Crippen LogP contribution in [0.15, 0.2) is 48.5 Å². The topological polar surface area (TPSA) is 58.6 Å². The van der Waals surface area contributed by atoms with E-state index in [1.54, 1.807) is 48.5 Å². The summed E-state index contributed by atoms with van der Waals surface area (Å²) in [7, 11) is 1.84. The highest BCUT2D eigenvalue weighted by molar-refractivity contribution is 6.30. The number of halogens is 1. The Bertz CT molecular complexity index is 732. The summed E-state index contributed by atoms with van der Waals surface area (Å²) in [6, 6.07) is 14.0. The van der Waals surface area contributed by atoms with Crippen molar-refractivity contribution < 1.29 is 14.3 Å². The molecule has 1 amide bonds. The molecule has 1 N–H and O–H groups in total. The summed E-state index contributed by atoms with van der Waals surface area (Å²) in [5.74, 6) is 0.561. The van der Waals surface area contributed by atoms with Crippen LogP contribution in [0, 0.1) is 0 Å². The second-order valence-electron chi connectivity index (χ2n) is 5.73. The lowest BCUT2D eigenvalue weighted by Crippen LogP contribution is -2.33. The summed E-state index contributed by atoms with van der Waals surface area (Å²) < 4.78 is 5.60. The zero-order valence-electron chi connectivity index (χ0n) is 14.3. The van der Waals surface area contributed by atoms with Gasteiger partial charge in [-0.2, -0.15) is 0 Å². The Morgan fingerprint density at radius 1 is 1.16 bits per heavy atom. The number of benzene rings is 2. The number of carbonyl (C=O) groups is 2. The van der Waals surface area contributed by atoms with Crippen LogP contribution in [0.5, 0.6) is 5.75 Å². The normalized spacial score (nSPS) is 10.6. The number of hydrogen-bond donors (Lipinski definition) is 1. The maximum absolute atomic E-state index is 12.1. The standard InChI is InChI=1S/C19H21ClN2O3/c1-14(23)15-4-3-5-17(12-15)21-19(24)13-22(2)10-11-25-18-8-6-16(20)7-9-18/h3-9,12H,10-11,13H2,1-2H3,(H,21,24). The summed E-state index contributed by atoms with van der Waals surface area (Å²) in [4.78, 5) is 25.3. The maximum Gasteiger partial charge on any atom is 0.238 e. The number of rotatable bonds is 8. The molecule has 5 nitrogen and oxygen atoms in total. The molecule has 0 fully saturated rings. The smallest absolute Gasteiger partial charge is 0.238 e. The molecule has 0 aliphatic rings. The van der Waals surface area contributed by atoms with Crippen LogP contribution in [0.1, 0.15) is 17.3 Å². The number of nitrogens with zero attached hydrogens (tertiary/aromatic N) is 1. The van der Waals surface area contributed by atoms with Gasteiger partial charge in [-0.15, -0.1) is 0 Å². The van der Waals surface area contributed by atoms with Gasteiger partial charge in [0.1, 0.15) is 12.4 Å². The molecule has 6 heteroatoms. The van der Waals surface area contributed by atoms with Crippen molar-refractivity contribution in [2.75, 3.05) is 32.1 Å². The van der Waals surface area contributed by atoms with E-state index < -0.39 is 0 Å². The molecule has 0 spiro atoms. The summed E-state index contributed by atoms with van der Waals surface area (Å²) >= 11 is 5.82. The van der Waals surface area contributed by atoms with Gasteiger partial charge < -0.3 is 10.1 Å². The van der Waals surface area contributed by atoms with Gasteiger partial charge in [0.05, 0.1) is 6.54 Å². The molecule has 0 unspecified atom stereocenters. The zero-order chi connectivity index (χ0) is 18.2. The Morgan fingerprint density at radius 2 is 1.88 bits per heavy atom. The lowest BCUT2D eigenvalue weighted by Gasteiger charge is -2.17. The number of ketones is 1. The monoisotopic (exact) mass is 360 g/mol. The Morgan fingerprint density at radius 3 is 2.56 bits per heavy atom. The van der Waals surface area contributed by atoms with E-state index in [1.807, 2.05) is 11.9 Å². The molecule has 132 valence electrons. The molecule has 0 atom stereocenters. The number of nitrogens with one attached hydrogen (secondary N) is 1. The molecule has 2 rings (SSSR count). The second-order valence-corrected chi connectivity index (χ2v) is 6.16. The van der Waals surface area contributed by atoms with Gasteiger partial charge >= 0.3 is 0 Å². The minimum atomic E-state index is -0.144. The van der Waals surface area contributed by atoms with Gasteiger partial charge in [-0.05, 0) is 50.4 Å². The molecule has 25 heavy (non-hydrogen) atoms. The van der Waals surface area contributed by atoms with E-state index in [-0.39, 0.29) is 18.2 Å². The van der Waals surface area contributed by atoms with Gasteiger partial charge in [-0.25, -0.2) is 0 Å². The molecular formula is C19H21ClN2O3. The SMILES string of the molecule is CC(=O)c1cccc(NC(=O)CN(C)CCOc2ccc(Cl)cc2)c1. The quantitative estimate of drug-likeness (QED) is 0.732. The number of anilines is 1. The number of carbonyl (C=O) groups excluding carboxylic acids is 2. The predicted octanol–water partition coefficient (Wildman–Crippen LogP) is 3.49. The number of hydrogen-bond acceptors (Lipinski definition) is 4. The van der Waals surface area contributed by atoms with Crippen molar-refractivity contribution >= 4 is 29.0 Å². The van der Waals surface area contributed by atoms with Crippen molar-refractivity contribution in [3.05, 3.63) is 59.1 Å². The number of ether oxygens (including phenoxy) is 1. The average molecular weight is 361 g/mol. The fourth-order valence-electron chi connectivity index (χ4n) is 2.19. The lowest BCUT2D eigenvalue weighted by atomic mass is 10.1. The maximum atomic E-state index is 12.1. The molecule has 2 aromatic rings. The molecule has 0 bridgehead atoms. The van der Waals surface area contributed by atoms with Crippen molar-refractivity contribution in [1.82, 2.24) is 4.90 Å². The first-order valence-corrected chi connectivity index (χ1v) is 8.29. The third-order valence-corrected chi connectivity index (χ3v) is 3.77. The van der Waals surface area contributed by atoms with Crippen LogP contribution in [0.25, 0.3) is 0 Å². The van der Waals surface area contributed by atoms with Gasteiger partial charge in [0.2, 0.25) is 5.91 Å². The summed E-state index contributed by atoms with van der Waals surface area (Å²) in [5, 5.41) is 3.46. The van der Waals surface area contributed by atoms with Crippen molar-refractivity contribution in [3.8, 4) is 5.75 Å². The molecule has 0 heterocycles. The van der Waals surface area contributed by atoms with Gasteiger partial charge in [0.15, 0.2) is 5.78 Å². The average Bonchev–Trinajstić information content (AvgIpc) is 2.56. The molecule has 0 aromatic heterocycles. The van der Waals surface area contributed by atoms with Crippen molar-refractivity contribution in [2.45, 2.75) is 6.92 Å². The van der Waals surface area contributed by atoms with Crippen molar-refractivity contribution in [1.29, 1.82) is 0 Å². The number of likely N-dealkylation sites (N-methyl/N-ethyl adjacent to an activating group) is 1. The molecular weight excluding hydrogens is 340 g/mol. The predicted molar refractivity (Wildman–Crippen MR) is 99.5 cm³/mol. The highest BCUT2D eigenvalue weighted by Crippen LogP contribution is 2.15. The van der Waals surface area contributed by atoms with E-state index in [0.29, 0.717) is 29.4 Å². The van der Waals surface area contributed by atoms with E-state index in [4.69, 9.17) is 16.3 Å². The zero-order valence-corrected chi connectivity index (χ0v) is 15.0. The largest absolute Gasteiger partial charge is 0.492 e. The van der Waals surface area contributed by atoms with Crippen LogP contribution in [0.4, 0.5) is 5.69 Å². The molecule has 0 saturated heterocycles. The van der Waals surface area contributed by atoms with E-state index in [0.717, 1.165) is 5.75 Å². The highest BCUT2D eigenvalue weighted by Gasteiger charge is 2.08. The Balaban J connectivity index is 1.75. The first-order valence-electron chi connectivity index (χ1n) is 7.92. The molecule has 0 radical (unpaired) electrons. The summed E-state index contributed by atoms with van der Waals surface area (Å²) in [5.41, 5.74) is 1.19. The van der Waals surface area contributed by atoms with Crippen molar-refractivity contribution in [3.63, 3.8) is 0 Å². The Labute approximate surface area is 152 Å². The molecule has 0 aliphatic carbocycles. The minimum Gasteiger partial charge on any atom is -0.492 e. The summed E-state index contributed by atoms with van der Waals surface area (Å²) in [6.45, 7) is 2.79. The van der Waals surface area contributed by atoms with Crippen LogP contribution < -0.4 is 10.1 Å². The first kappa shape index (κ1) is 19.0. The van der Waals surface area contributed by atoms with Gasteiger partial charge in [-0.3, -0.25) is 14.5 Å². The summed E-state index contributed by atoms with van der Waals surface area (Å²) in [6.07, 6.45) is 0. The molecule has 0 aliphatic heterocycles. The van der Waals surface area contributed by atoms with Gasteiger partial charge in [-0.1, -0.05) is 23.7 Å². The van der Waals surface area contributed by atoms with Gasteiger partial charge in [0, 0.05) is 22.8 Å². The van der Waals surface area contributed by atoms with Crippen LogP contribution in [-0.2, 0) is 4.79 Å². The Kier molecular flexibility index (Phi) is 6.98. The van der Waals surface area contributed by atoms with Crippen LogP contribution in [0.2, 0.25) is 5.02 Å². The van der Waals surface area contributed by atoms with E-state index in [2.05, 4.69) is 5.32 Å². The Hall–Kier alpha value is -2.37. The fraction of sp³-hybridized carbons (Fsp3) is 0.263. The van der Waals surface area contributed by atoms with Crippen LogP contribution in [-0.4, -0.2) is 43.3 Å². The van der Waals surface area contributed by atoms with Gasteiger partial charge in [0.25, 0.3) is 0 Å². The minimum absolute atomic E-state index is 0.0347. The number of amides is 1. The second kappa shape index (κ2) is 9.20. The van der Waals surface area contributed by atoms with Crippen molar-refractivity contribution in [2.24, 2.45) is 0 Å². The number of Topliss-reactive ketones (excluding diaryl/α,β-unsaturated/α-hetero) is 1. The van der Waals surface area contributed by atoms with E-state index in [1.165, 1.54) is 6.92 Å². The first-order chi connectivity index (χ1) is 11.9. The molecule has 2 aromatic carbocycles. The lowest BCUT2D eigenvalue weighted by molar-refractivity contribution is -0.117. The fourth-order valence-corrected chi connectivity index (χ4v) is 2.32. The third kappa shape index (κ3) is 6.57. The molecule has 0 saturated carbocycles. The van der Waals surface area contributed by atoms with E-state index in [9.17, 15) is 9.59 Å². The van der Waals surface area contributed by atoms with Crippen LogP contribution >= 0.6 is 11.6 Å².